The second-order valence-electron chi connectivity index (χ2n) is 4.07. The highest BCUT2D eigenvalue weighted by molar-refractivity contribution is 5.82. The van der Waals surface area contributed by atoms with Gasteiger partial charge in [0.2, 0.25) is 11.8 Å². The van der Waals surface area contributed by atoms with Gasteiger partial charge in [0.25, 0.3) is 0 Å². The lowest BCUT2D eigenvalue weighted by molar-refractivity contribution is -0.123. The van der Waals surface area contributed by atoms with E-state index in [-0.39, 0.29) is 11.9 Å². The molecular weight excluding hydrogens is 208 g/mol. The van der Waals surface area contributed by atoms with Gasteiger partial charge in [-0.3, -0.25) is 4.79 Å². The fraction of sp³-hybridized carbons (Fsp3) is 0.700. The van der Waals surface area contributed by atoms with Crippen LogP contribution in [0.3, 0.4) is 0 Å². The molecule has 0 bridgehead atoms. The normalized spacial score (nSPS) is 24.6. The molecule has 2 unspecified atom stereocenters. The first-order valence-electron chi connectivity index (χ1n) is 5.54. The van der Waals surface area contributed by atoms with Crippen molar-refractivity contribution in [2.45, 2.75) is 25.8 Å². The third-order valence-electron chi connectivity index (χ3n) is 2.86. The van der Waals surface area contributed by atoms with E-state index in [1.54, 1.807) is 0 Å². The molecule has 1 fully saturated rings. The van der Waals surface area contributed by atoms with Crippen LogP contribution in [-0.4, -0.2) is 35.2 Å². The molecule has 1 aromatic heterocycles. The molecule has 2 atom stereocenters. The quantitative estimate of drug-likeness (QED) is 0.735. The van der Waals surface area contributed by atoms with Crippen molar-refractivity contribution in [2.24, 2.45) is 5.92 Å². The van der Waals surface area contributed by atoms with Crippen molar-refractivity contribution in [3.8, 4) is 0 Å². The molecule has 2 N–H and O–H groups in total. The average Bonchev–Trinajstić information content (AvgIpc) is 2.88. The molecule has 1 amide bonds. The summed E-state index contributed by atoms with van der Waals surface area (Å²) in [5, 5.41) is 9.55. The summed E-state index contributed by atoms with van der Waals surface area (Å²) >= 11 is 0. The van der Waals surface area contributed by atoms with E-state index < -0.39 is 0 Å². The number of hydrogen-bond acceptors (Lipinski definition) is 5. The van der Waals surface area contributed by atoms with Crippen LogP contribution < -0.4 is 10.6 Å². The first-order chi connectivity index (χ1) is 7.77. The first-order valence-corrected chi connectivity index (χ1v) is 5.54. The van der Waals surface area contributed by atoms with Crippen molar-refractivity contribution in [2.75, 3.05) is 13.1 Å². The average molecular weight is 224 g/mol. The molecule has 0 spiro atoms. The van der Waals surface area contributed by atoms with Gasteiger partial charge in [-0.2, -0.15) is 4.98 Å². The Morgan fingerprint density at radius 1 is 1.75 bits per heavy atom. The predicted molar refractivity (Wildman–Crippen MR) is 56.6 cm³/mol. The summed E-state index contributed by atoms with van der Waals surface area (Å²) in [6.45, 7) is 3.54. The van der Waals surface area contributed by atoms with E-state index >= 15 is 0 Å². The summed E-state index contributed by atoms with van der Waals surface area (Å²) in [4.78, 5) is 15.6. The Morgan fingerprint density at radius 3 is 3.25 bits per heavy atom. The van der Waals surface area contributed by atoms with Crippen molar-refractivity contribution < 1.29 is 9.32 Å². The van der Waals surface area contributed by atoms with Gasteiger partial charge in [0.1, 0.15) is 0 Å². The van der Waals surface area contributed by atoms with Crippen molar-refractivity contribution in [1.82, 2.24) is 20.8 Å². The Hall–Kier alpha value is -1.43. The molecule has 1 aromatic rings. The summed E-state index contributed by atoms with van der Waals surface area (Å²) in [7, 11) is 0. The van der Waals surface area contributed by atoms with Gasteiger partial charge in [-0.05, 0) is 18.9 Å². The van der Waals surface area contributed by atoms with E-state index in [2.05, 4.69) is 27.7 Å². The highest BCUT2D eigenvalue weighted by Gasteiger charge is 2.28. The summed E-state index contributed by atoms with van der Waals surface area (Å²) in [5.74, 6) is 1.01. The minimum atomic E-state index is -0.0531. The van der Waals surface area contributed by atoms with E-state index in [1.807, 2.05) is 0 Å². The highest BCUT2D eigenvalue weighted by Crippen LogP contribution is 2.13. The SMILES string of the molecule is CC1CCNC1C(=O)NCCc1ncno1. The zero-order valence-corrected chi connectivity index (χ0v) is 9.27. The molecule has 1 aliphatic heterocycles. The maximum absolute atomic E-state index is 11.7. The van der Waals surface area contributed by atoms with E-state index in [1.165, 1.54) is 6.33 Å². The molecule has 2 rings (SSSR count). The van der Waals surface area contributed by atoms with Gasteiger partial charge >= 0.3 is 0 Å². The molecule has 0 aromatic carbocycles. The Morgan fingerprint density at radius 2 is 2.62 bits per heavy atom. The van der Waals surface area contributed by atoms with Gasteiger partial charge in [0.15, 0.2) is 6.33 Å². The van der Waals surface area contributed by atoms with Crippen molar-refractivity contribution in [3.63, 3.8) is 0 Å². The number of nitrogens with zero attached hydrogens (tertiary/aromatic N) is 2. The topological polar surface area (TPSA) is 80.0 Å². The zero-order valence-electron chi connectivity index (χ0n) is 9.27. The molecule has 6 heteroatoms. The summed E-state index contributed by atoms with van der Waals surface area (Å²) in [6, 6.07) is -0.0531. The molecule has 0 radical (unpaired) electrons. The largest absolute Gasteiger partial charge is 0.354 e. The minimum absolute atomic E-state index is 0.0531. The van der Waals surface area contributed by atoms with Gasteiger partial charge in [-0.25, -0.2) is 0 Å². The van der Waals surface area contributed by atoms with Gasteiger partial charge in [0.05, 0.1) is 6.04 Å². The van der Waals surface area contributed by atoms with Gasteiger partial charge < -0.3 is 15.2 Å². The lowest BCUT2D eigenvalue weighted by Crippen LogP contribution is -2.43. The zero-order chi connectivity index (χ0) is 11.4. The standard InChI is InChI=1S/C10H16N4O2/c1-7-2-4-11-9(7)10(15)12-5-3-8-13-6-14-16-8/h6-7,9,11H,2-5H2,1H3,(H,12,15). The smallest absolute Gasteiger partial charge is 0.237 e. The van der Waals surface area contributed by atoms with E-state index in [4.69, 9.17) is 4.52 Å². The van der Waals surface area contributed by atoms with Gasteiger partial charge in [-0.1, -0.05) is 12.1 Å². The molecule has 1 aliphatic rings. The Kier molecular flexibility index (Phi) is 3.51. The third kappa shape index (κ3) is 2.57. The van der Waals surface area contributed by atoms with Gasteiger partial charge in [0, 0.05) is 13.0 Å². The van der Waals surface area contributed by atoms with Crippen LogP contribution in [-0.2, 0) is 11.2 Å². The maximum Gasteiger partial charge on any atom is 0.237 e. The summed E-state index contributed by atoms with van der Waals surface area (Å²) < 4.78 is 4.83. The Balaban J connectivity index is 1.71. The van der Waals surface area contributed by atoms with E-state index in [0.29, 0.717) is 24.8 Å². The Bertz CT molecular complexity index is 339. The molecule has 0 saturated carbocycles. The number of carbonyl (C=O) groups excluding carboxylic acids is 1. The predicted octanol–water partition coefficient (Wildman–Crippen LogP) is -0.274. The summed E-state index contributed by atoms with van der Waals surface area (Å²) in [6.07, 6.45) is 2.99. The number of aromatic nitrogens is 2. The fourth-order valence-corrected chi connectivity index (χ4v) is 1.89. The molecule has 16 heavy (non-hydrogen) atoms. The molecular formula is C10H16N4O2. The Labute approximate surface area is 93.8 Å². The fourth-order valence-electron chi connectivity index (χ4n) is 1.89. The molecule has 88 valence electrons. The van der Waals surface area contributed by atoms with Gasteiger partial charge in [-0.15, -0.1) is 0 Å². The monoisotopic (exact) mass is 224 g/mol. The van der Waals surface area contributed by atoms with Crippen LogP contribution in [0.25, 0.3) is 0 Å². The number of amides is 1. The van der Waals surface area contributed by atoms with Crippen LogP contribution in [0.15, 0.2) is 10.9 Å². The molecule has 0 aliphatic carbocycles. The lowest BCUT2D eigenvalue weighted by Gasteiger charge is -2.14. The van der Waals surface area contributed by atoms with Crippen LogP contribution in [0.5, 0.6) is 0 Å². The second-order valence-corrected chi connectivity index (χ2v) is 4.07. The highest BCUT2D eigenvalue weighted by atomic mass is 16.5. The minimum Gasteiger partial charge on any atom is -0.354 e. The number of nitrogens with one attached hydrogen (secondary N) is 2. The van der Waals surface area contributed by atoms with E-state index in [0.717, 1.165) is 13.0 Å². The number of carbonyl (C=O) groups is 1. The number of hydrogen-bond donors (Lipinski definition) is 2. The van der Waals surface area contributed by atoms with E-state index in [9.17, 15) is 4.79 Å². The second kappa shape index (κ2) is 5.07. The number of rotatable bonds is 4. The molecule has 2 heterocycles. The maximum atomic E-state index is 11.7. The van der Waals surface area contributed by atoms with Crippen LogP contribution in [0.2, 0.25) is 0 Å². The van der Waals surface area contributed by atoms with Crippen molar-refractivity contribution in [3.05, 3.63) is 12.2 Å². The molecule has 1 saturated heterocycles. The third-order valence-corrected chi connectivity index (χ3v) is 2.86. The van der Waals surface area contributed by atoms with Crippen LogP contribution in [0.4, 0.5) is 0 Å². The van der Waals surface area contributed by atoms with Crippen molar-refractivity contribution >= 4 is 5.91 Å². The van der Waals surface area contributed by atoms with Crippen LogP contribution in [0.1, 0.15) is 19.2 Å². The summed E-state index contributed by atoms with van der Waals surface area (Å²) in [5.41, 5.74) is 0. The van der Waals surface area contributed by atoms with Crippen LogP contribution in [0, 0.1) is 5.92 Å². The molecule has 6 nitrogen and oxygen atoms in total. The lowest BCUT2D eigenvalue weighted by atomic mass is 10.0. The van der Waals surface area contributed by atoms with Crippen LogP contribution >= 0.6 is 0 Å². The first kappa shape index (κ1) is 11.1. The van der Waals surface area contributed by atoms with Crippen molar-refractivity contribution in [1.29, 1.82) is 0 Å².